The summed E-state index contributed by atoms with van der Waals surface area (Å²) in [5, 5.41) is 2.99. The van der Waals surface area contributed by atoms with Crippen molar-refractivity contribution in [3.8, 4) is 22.4 Å². The number of para-hydroxylation sites is 1. The molecular formula is C34H31ClN4O2. The van der Waals surface area contributed by atoms with Gasteiger partial charge >= 0.3 is 0 Å². The number of H-pyrrole nitrogens is 1. The Balaban J connectivity index is 0.00000337. The number of carbonyl (C=O) groups excluding carboxylic acids is 2. The van der Waals surface area contributed by atoms with E-state index >= 15 is 0 Å². The summed E-state index contributed by atoms with van der Waals surface area (Å²) < 4.78 is 0. The minimum absolute atomic E-state index is 0. The van der Waals surface area contributed by atoms with Crippen LogP contribution in [0.4, 0.5) is 11.4 Å². The van der Waals surface area contributed by atoms with Crippen LogP contribution in [0, 0.1) is 0 Å². The highest BCUT2D eigenvalue weighted by Gasteiger charge is 2.27. The Kier molecular flexibility index (Phi) is 8.31. The lowest BCUT2D eigenvalue weighted by Crippen LogP contribution is -2.32. The third kappa shape index (κ3) is 5.65. The number of nitrogens with one attached hydrogen (secondary N) is 2. The molecule has 2 heterocycles. The number of aryl methyl sites for hydroxylation is 1. The van der Waals surface area contributed by atoms with E-state index in [4.69, 9.17) is 4.98 Å². The van der Waals surface area contributed by atoms with Gasteiger partial charge in [0.2, 0.25) is 0 Å². The van der Waals surface area contributed by atoms with Gasteiger partial charge in [-0.1, -0.05) is 73.7 Å². The first kappa shape index (κ1) is 27.9. The fourth-order valence-electron chi connectivity index (χ4n) is 5.29. The quantitative estimate of drug-likeness (QED) is 0.224. The Morgan fingerprint density at radius 2 is 1.54 bits per heavy atom. The summed E-state index contributed by atoms with van der Waals surface area (Å²) in [7, 11) is 0. The van der Waals surface area contributed by atoms with Crippen LogP contribution in [-0.2, 0) is 12.8 Å². The highest BCUT2D eigenvalue weighted by Crippen LogP contribution is 2.36. The number of halogens is 1. The molecule has 0 spiro atoms. The SMILES string of the molecule is CCCc1nc2c([nH]1)-c1ccccc1N(C(=O)c1ccc(NC(=O)c3ccccc3-c3ccccc3)cc1)CC2.Cl. The number of hydrogen-bond acceptors (Lipinski definition) is 3. The van der Waals surface area contributed by atoms with Gasteiger partial charge in [-0.25, -0.2) is 4.98 Å². The number of aromatic nitrogens is 2. The number of anilines is 2. The Morgan fingerprint density at radius 1 is 0.854 bits per heavy atom. The van der Waals surface area contributed by atoms with E-state index in [0.717, 1.165) is 52.4 Å². The minimum Gasteiger partial charge on any atom is -0.342 e. The Hall–Kier alpha value is -4.68. The van der Waals surface area contributed by atoms with Crippen molar-refractivity contribution in [1.82, 2.24) is 9.97 Å². The van der Waals surface area contributed by atoms with Gasteiger partial charge in [-0.3, -0.25) is 9.59 Å². The van der Waals surface area contributed by atoms with Crippen LogP contribution in [0.3, 0.4) is 0 Å². The summed E-state index contributed by atoms with van der Waals surface area (Å²) in [6.45, 7) is 2.68. The second-order valence-electron chi connectivity index (χ2n) is 9.92. The molecule has 0 fully saturated rings. The smallest absolute Gasteiger partial charge is 0.258 e. The van der Waals surface area contributed by atoms with E-state index in [2.05, 4.69) is 17.2 Å². The molecule has 2 N–H and O–H groups in total. The topological polar surface area (TPSA) is 78.1 Å². The number of fused-ring (bicyclic) bond motifs is 3. The number of nitrogens with zero attached hydrogens (tertiary/aromatic N) is 2. The van der Waals surface area contributed by atoms with Crippen LogP contribution in [0.25, 0.3) is 22.4 Å². The van der Waals surface area contributed by atoms with Crippen molar-refractivity contribution in [2.24, 2.45) is 0 Å². The molecule has 7 heteroatoms. The number of hydrogen-bond donors (Lipinski definition) is 2. The maximum Gasteiger partial charge on any atom is 0.258 e. The Labute approximate surface area is 245 Å². The predicted molar refractivity (Wildman–Crippen MR) is 167 cm³/mol. The van der Waals surface area contributed by atoms with Crippen molar-refractivity contribution in [3.63, 3.8) is 0 Å². The van der Waals surface area contributed by atoms with Crippen LogP contribution in [0.5, 0.6) is 0 Å². The molecule has 0 saturated heterocycles. The number of imidazole rings is 1. The van der Waals surface area contributed by atoms with Gasteiger partial charge in [0.25, 0.3) is 11.8 Å². The van der Waals surface area contributed by atoms with E-state index in [9.17, 15) is 9.59 Å². The molecule has 2 amide bonds. The van der Waals surface area contributed by atoms with E-state index < -0.39 is 0 Å². The second kappa shape index (κ2) is 12.2. The van der Waals surface area contributed by atoms with Crippen molar-refractivity contribution in [1.29, 1.82) is 0 Å². The van der Waals surface area contributed by atoms with E-state index in [0.29, 0.717) is 29.8 Å². The molecule has 0 radical (unpaired) electrons. The first-order valence-electron chi connectivity index (χ1n) is 13.7. The van der Waals surface area contributed by atoms with Crippen molar-refractivity contribution in [2.75, 3.05) is 16.8 Å². The van der Waals surface area contributed by atoms with Gasteiger partial charge < -0.3 is 15.2 Å². The first-order chi connectivity index (χ1) is 19.6. The summed E-state index contributed by atoms with van der Waals surface area (Å²) in [5.74, 6) is 0.709. The first-order valence-corrected chi connectivity index (χ1v) is 13.7. The molecule has 0 saturated carbocycles. The average Bonchev–Trinajstić information content (AvgIpc) is 3.34. The maximum atomic E-state index is 13.7. The molecule has 1 aliphatic heterocycles. The lowest BCUT2D eigenvalue weighted by atomic mass is 9.99. The Bertz CT molecular complexity index is 1680. The third-order valence-electron chi connectivity index (χ3n) is 7.24. The molecule has 206 valence electrons. The molecule has 0 atom stereocenters. The van der Waals surface area contributed by atoms with Crippen LogP contribution >= 0.6 is 12.4 Å². The zero-order chi connectivity index (χ0) is 27.5. The van der Waals surface area contributed by atoms with Gasteiger partial charge in [0.15, 0.2) is 0 Å². The standard InChI is InChI=1S/C34H30N4O2.ClH/c1-2-10-31-36-29-21-22-38(30-16-9-8-15-28(30)32(29)37-31)34(40)24-17-19-25(20-18-24)35-33(39)27-14-7-6-13-26(27)23-11-4-3-5-12-23;/h3-9,11-20H,2,10,21-22H2,1H3,(H,35,39)(H,36,37);1H. The minimum atomic E-state index is -0.198. The summed E-state index contributed by atoms with van der Waals surface area (Å²) in [4.78, 5) is 37.1. The summed E-state index contributed by atoms with van der Waals surface area (Å²) in [5.41, 5.74) is 7.48. The Morgan fingerprint density at radius 3 is 2.29 bits per heavy atom. The van der Waals surface area contributed by atoms with Crippen LogP contribution in [0.1, 0.15) is 45.6 Å². The summed E-state index contributed by atoms with van der Waals surface area (Å²) in [6, 6.07) is 32.5. The molecule has 1 aliphatic rings. The number of aromatic amines is 1. The van der Waals surface area contributed by atoms with Crippen molar-refractivity contribution in [2.45, 2.75) is 26.2 Å². The fourth-order valence-corrected chi connectivity index (χ4v) is 5.29. The van der Waals surface area contributed by atoms with Crippen LogP contribution in [0.2, 0.25) is 0 Å². The van der Waals surface area contributed by atoms with Crippen LogP contribution in [0.15, 0.2) is 103 Å². The lowest BCUT2D eigenvalue weighted by Gasteiger charge is -2.23. The molecule has 5 aromatic rings. The maximum absolute atomic E-state index is 13.7. The van der Waals surface area contributed by atoms with Gasteiger partial charge in [-0.05, 0) is 53.9 Å². The molecule has 6 nitrogen and oxygen atoms in total. The molecule has 1 aromatic heterocycles. The zero-order valence-corrected chi connectivity index (χ0v) is 23.6. The van der Waals surface area contributed by atoms with Crippen molar-refractivity contribution >= 4 is 35.6 Å². The summed E-state index contributed by atoms with van der Waals surface area (Å²) >= 11 is 0. The normalized spacial score (nSPS) is 12.0. The van der Waals surface area contributed by atoms with Gasteiger partial charge in [0, 0.05) is 41.8 Å². The fraction of sp³-hybridized carbons (Fsp3) is 0.147. The van der Waals surface area contributed by atoms with Gasteiger partial charge in [-0.15, -0.1) is 12.4 Å². The summed E-state index contributed by atoms with van der Waals surface area (Å²) in [6.07, 6.45) is 2.60. The largest absolute Gasteiger partial charge is 0.342 e. The average molecular weight is 563 g/mol. The number of benzene rings is 4. The van der Waals surface area contributed by atoms with Crippen LogP contribution < -0.4 is 10.2 Å². The zero-order valence-electron chi connectivity index (χ0n) is 22.8. The second-order valence-corrected chi connectivity index (χ2v) is 9.92. The highest BCUT2D eigenvalue weighted by atomic mass is 35.5. The lowest BCUT2D eigenvalue weighted by molar-refractivity contribution is 0.0986. The van der Waals surface area contributed by atoms with E-state index in [1.807, 2.05) is 83.8 Å². The van der Waals surface area contributed by atoms with Crippen molar-refractivity contribution in [3.05, 3.63) is 126 Å². The van der Waals surface area contributed by atoms with Gasteiger partial charge in [0.05, 0.1) is 17.1 Å². The molecule has 0 aliphatic carbocycles. The number of amides is 2. The molecular weight excluding hydrogens is 532 g/mol. The van der Waals surface area contributed by atoms with Crippen molar-refractivity contribution < 1.29 is 9.59 Å². The van der Waals surface area contributed by atoms with Gasteiger partial charge in [0.1, 0.15) is 5.82 Å². The monoisotopic (exact) mass is 562 g/mol. The van der Waals surface area contributed by atoms with E-state index in [1.165, 1.54) is 0 Å². The number of rotatable bonds is 6. The highest BCUT2D eigenvalue weighted by molar-refractivity contribution is 6.10. The molecule has 0 unspecified atom stereocenters. The van der Waals surface area contributed by atoms with Gasteiger partial charge in [-0.2, -0.15) is 0 Å². The van der Waals surface area contributed by atoms with E-state index in [1.54, 1.807) is 24.3 Å². The van der Waals surface area contributed by atoms with Crippen LogP contribution in [-0.4, -0.2) is 28.3 Å². The predicted octanol–water partition coefficient (Wildman–Crippen LogP) is 7.57. The number of carbonyl (C=O) groups is 2. The molecule has 6 rings (SSSR count). The van der Waals surface area contributed by atoms with E-state index in [-0.39, 0.29) is 24.2 Å². The molecule has 41 heavy (non-hydrogen) atoms. The third-order valence-corrected chi connectivity index (χ3v) is 7.24. The molecule has 4 aromatic carbocycles. The molecule has 0 bridgehead atoms.